The van der Waals surface area contributed by atoms with Gasteiger partial charge in [0.1, 0.15) is 0 Å². The molecule has 1 amide bonds. The molecule has 0 radical (unpaired) electrons. The van der Waals surface area contributed by atoms with E-state index < -0.39 is 20.5 Å². The highest BCUT2D eigenvalue weighted by molar-refractivity contribution is 7.92. The molecule has 1 aromatic carbocycles. The summed E-state index contributed by atoms with van der Waals surface area (Å²) in [4.78, 5) is 24.4. The number of aryl methyl sites for hydroxylation is 2. The third-order valence-corrected chi connectivity index (χ3v) is 7.61. The highest BCUT2D eigenvalue weighted by Crippen LogP contribution is 2.23. The summed E-state index contributed by atoms with van der Waals surface area (Å²) in [5.74, 6) is -1.02. The Bertz CT molecular complexity index is 1030. The van der Waals surface area contributed by atoms with Crippen LogP contribution in [-0.2, 0) is 27.6 Å². The van der Waals surface area contributed by atoms with E-state index in [-0.39, 0.29) is 18.5 Å². The molecule has 1 heterocycles. The number of hydrogen-bond acceptors (Lipinski definition) is 5. The molecule has 2 N–H and O–H groups in total. The lowest BCUT2D eigenvalue weighted by molar-refractivity contribution is -0.131. The lowest BCUT2D eigenvalue weighted by Crippen LogP contribution is -2.49. The number of aromatic nitrogens is 1. The lowest BCUT2D eigenvalue weighted by atomic mass is 10.0. The van der Waals surface area contributed by atoms with Gasteiger partial charge in [-0.3, -0.25) is 14.8 Å². The van der Waals surface area contributed by atoms with Crippen LogP contribution < -0.4 is 11.0 Å². The number of carbonyl (C=O) groups is 1. The molecule has 7 nitrogen and oxygen atoms in total. The van der Waals surface area contributed by atoms with Gasteiger partial charge in [0, 0.05) is 25.1 Å². The van der Waals surface area contributed by atoms with Crippen LogP contribution in [-0.4, -0.2) is 35.1 Å². The van der Waals surface area contributed by atoms with Crippen LogP contribution in [0, 0.1) is 0 Å². The van der Waals surface area contributed by atoms with E-state index in [2.05, 4.69) is 19.1 Å². The minimum atomic E-state index is -3.81. The fourth-order valence-corrected chi connectivity index (χ4v) is 4.08. The Kier molecular flexibility index (Phi) is 7.97. The van der Waals surface area contributed by atoms with Crippen LogP contribution in [0.5, 0.6) is 0 Å². The summed E-state index contributed by atoms with van der Waals surface area (Å²) in [6.07, 6.45) is 6.96. The standard InChI is InChI=1S/C22H30N2O5S/c1-4-5-6-7-17-8-10-18(11-9-17)19-12-14-24(20(25)16-19)15-13-22(2,21(26)23-27)30(3,28)29/h8-12,14,16,27H,4-7,13,15H2,1-3H3,(H,23,26). The number of carbonyl (C=O) groups excluding carboxylic acids is 1. The van der Waals surface area contributed by atoms with Crippen molar-refractivity contribution in [1.82, 2.24) is 10.0 Å². The van der Waals surface area contributed by atoms with Crippen LogP contribution in [0.2, 0.25) is 0 Å². The van der Waals surface area contributed by atoms with Gasteiger partial charge in [-0.25, -0.2) is 13.9 Å². The van der Waals surface area contributed by atoms with E-state index in [4.69, 9.17) is 5.21 Å². The summed E-state index contributed by atoms with van der Waals surface area (Å²) >= 11 is 0. The number of nitrogens with zero attached hydrogens (tertiary/aromatic N) is 1. The Morgan fingerprint density at radius 3 is 2.33 bits per heavy atom. The van der Waals surface area contributed by atoms with Crippen molar-refractivity contribution in [2.45, 2.75) is 57.2 Å². The molecule has 0 saturated carbocycles. The minimum Gasteiger partial charge on any atom is -0.315 e. The van der Waals surface area contributed by atoms with Crippen LogP contribution in [0.4, 0.5) is 0 Å². The first-order valence-electron chi connectivity index (χ1n) is 10.1. The number of benzene rings is 1. The maximum Gasteiger partial charge on any atom is 0.264 e. The van der Waals surface area contributed by atoms with Crippen LogP contribution in [0.1, 0.15) is 45.1 Å². The van der Waals surface area contributed by atoms with Gasteiger partial charge in [-0.1, -0.05) is 44.0 Å². The van der Waals surface area contributed by atoms with Gasteiger partial charge in [0.05, 0.1) is 0 Å². The molecular formula is C22H30N2O5S. The second-order valence-corrected chi connectivity index (χ2v) is 10.2. The first kappa shape index (κ1) is 23.8. The molecule has 1 atom stereocenters. The fraction of sp³-hybridized carbons (Fsp3) is 0.455. The molecule has 1 aromatic heterocycles. The smallest absolute Gasteiger partial charge is 0.264 e. The van der Waals surface area contributed by atoms with Gasteiger partial charge < -0.3 is 4.57 Å². The molecule has 2 aromatic rings. The Morgan fingerprint density at radius 2 is 1.80 bits per heavy atom. The molecule has 0 aliphatic rings. The molecule has 0 aliphatic heterocycles. The molecular weight excluding hydrogens is 404 g/mol. The van der Waals surface area contributed by atoms with E-state index in [9.17, 15) is 18.0 Å². The number of pyridine rings is 1. The summed E-state index contributed by atoms with van der Waals surface area (Å²) in [6, 6.07) is 11.4. The summed E-state index contributed by atoms with van der Waals surface area (Å²) in [7, 11) is -3.81. The molecule has 8 heteroatoms. The maximum atomic E-state index is 12.5. The van der Waals surface area contributed by atoms with Crippen molar-refractivity contribution in [3.05, 3.63) is 58.5 Å². The number of rotatable bonds is 10. The quantitative estimate of drug-likeness (QED) is 0.340. The van der Waals surface area contributed by atoms with E-state index in [1.165, 1.54) is 41.4 Å². The largest absolute Gasteiger partial charge is 0.315 e. The van der Waals surface area contributed by atoms with Crippen molar-refractivity contribution in [3.63, 3.8) is 0 Å². The molecule has 0 bridgehead atoms. The van der Waals surface area contributed by atoms with E-state index in [0.29, 0.717) is 0 Å². The van der Waals surface area contributed by atoms with E-state index in [1.807, 2.05) is 12.1 Å². The van der Waals surface area contributed by atoms with Gasteiger partial charge in [0.15, 0.2) is 14.6 Å². The normalized spacial score (nSPS) is 13.6. The Hall–Kier alpha value is -2.45. The van der Waals surface area contributed by atoms with Gasteiger partial charge in [-0.15, -0.1) is 0 Å². The zero-order chi connectivity index (χ0) is 22.4. The second-order valence-electron chi connectivity index (χ2n) is 7.80. The molecule has 1 unspecified atom stereocenters. The molecule has 0 spiro atoms. The third kappa shape index (κ3) is 5.58. The summed E-state index contributed by atoms with van der Waals surface area (Å²) in [6.45, 7) is 3.43. The van der Waals surface area contributed by atoms with Crippen LogP contribution in [0.15, 0.2) is 47.4 Å². The Balaban J connectivity index is 2.15. The molecule has 2 rings (SSSR count). The predicted molar refractivity (Wildman–Crippen MR) is 117 cm³/mol. The fourth-order valence-electron chi connectivity index (χ4n) is 3.23. The second kappa shape index (κ2) is 10.0. The van der Waals surface area contributed by atoms with Crippen LogP contribution >= 0.6 is 0 Å². The minimum absolute atomic E-state index is 0.0203. The van der Waals surface area contributed by atoms with Gasteiger partial charge in [-0.2, -0.15) is 0 Å². The molecule has 30 heavy (non-hydrogen) atoms. The molecule has 0 aliphatic carbocycles. The number of amides is 1. The average molecular weight is 435 g/mol. The topological polar surface area (TPSA) is 105 Å². The summed E-state index contributed by atoms with van der Waals surface area (Å²) in [5, 5.41) is 8.90. The Labute approximate surface area is 177 Å². The number of sulfone groups is 1. The maximum absolute atomic E-state index is 12.5. The number of nitrogens with one attached hydrogen (secondary N) is 1. The highest BCUT2D eigenvalue weighted by Gasteiger charge is 2.43. The van der Waals surface area contributed by atoms with Crippen LogP contribution in [0.25, 0.3) is 11.1 Å². The van der Waals surface area contributed by atoms with Crippen molar-refractivity contribution in [2.24, 2.45) is 0 Å². The molecule has 0 saturated heterocycles. The number of hydroxylamine groups is 1. The third-order valence-electron chi connectivity index (χ3n) is 5.58. The van der Waals surface area contributed by atoms with Crippen molar-refractivity contribution in [3.8, 4) is 11.1 Å². The van der Waals surface area contributed by atoms with Crippen molar-refractivity contribution >= 4 is 15.7 Å². The monoisotopic (exact) mass is 434 g/mol. The Morgan fingerprint density at radius 1 is 1.13 bits per heavy atom. The van der Waals surface area contributed by atoms with Crippen molar-refractivity contribution < 1.29 is 18.4 Å². The number of unbranched alkanes of at least 4 members (excludes halogenated alkanes) is 2. The van der Waals surface area contributed by atoms with E-state index in [0.717, 1.165) is 30.2 Å². The predicted octanol–water partition coefficient (Wildman–Crippen LogP) is 2.95. The van der Waals surface area contributed by atoms with E-state index >= 15 is 0 Å². The summed E-state index contributed by atoms with van der Waals surface area (Å²) < 4.78 is 23.6. The van der Waals surface area contributed by atoms with Gasteiger partial charge in [0.2, 0.25) is 0 Å². The first-order valence-corrected chi connectivity index (χ1v) is 12.0. The highest BCUT2D eigenvalue weighted by atomic mass is 32.2. The average Bonchev–Trinajstić information content (AvgIpc) is 2.71. The SMILES string of the molecule is CCCCCc1ccc(-c2ccn(CCC(C)(C(=O)NO)S(C)(=O)=O)c(=O)c2)cc1. The van der Waals surface area contributed by atoms with E-state index in [1.54, 1.807) is 12.3 Å². The van der Waals surface area contributed by atoms with Gasteiger partial charge in [0.25, 0.3) is 11.5 Å². The zero-order valence-corrected chi connectivity index (χ0v) is 18.5. The zero-order valence-electron chi connectivity index (χ0n) is 17.7. The van der Waals surface area contributed by atoms with Crippen molar-refractivity contribution in [1.29, 1.82) is 0 Å². The van der Waals surface area contributed by atoms with Gasteiger partial charge in [-0.05, 0) is 48.9 Å². The molecule has 164 valence electrons. The first-order chi connectivity index (χ1) is 14.1. The summed E-state index contributed by atoms with van der Waals surface area (Å²) in [5.41, 5.74) is 4.09. The van der Waals surface area contributed by atoms with Gasteiger partial charge >= 0.3 is 0 Å². The molecule has 0 fully saturated rings. The number of hydrogen-bond donors (Lipinski definition) is 2. The lowest BCUT2D eigenvalue weighted by Gasteiger charge is -2.25. The van der Waals surface area contributed by atoms with Crippen LogP contribution in [0.3, 0.4) is 0 Å². The van der Waals surface area contributed by atoms with Crippen molar-refractivity contribution in [2.75, 3.05) is 6.26 Å².